The smallest absolute Gasteiger partial charge is 0.274 e. The molecule has 1 atom stereocenters. The van der Waals surface area contributed by atoms with Gasteiger partial charge in [-0.05, 0) is 31.4 Å². The van der Waals surface area contributed by atoms with E-state index >= 15 is 0 Å². The van der Waals surface area contributed by atoms with Gasteiger partial charge >= 0.3 is 0 Å². The highest BCUT2D eigenvalue weighted by Crippen LogP contribution is 2.40. The lowest BCUT2D eigenvalue weighted by Crippen LogP contribution is -2.36. The minimum Gasteiger partial charge on any atom is -0.488 e. The predicted molar refractivity (Wildman–Crippen MR) is 99.4 cm³/mol. The molecule has 0 radical (unpaired) electrons. The normalized spacial score (nSPS) is 19.2. The molecule has 2 aliphatic heterocycles. The Kier molecular flexibility index (Phi) is 4.78. The molecular formula is C19H21ClN4O2. The summed E-state index contributed by atoms with van der Waals surface area (Å²) in [6.45, 7) is 1.99. The minimum absolute atomic E-state index is 0.0617. The molecule has 1 aromatic carbocycles. The third kappa shape index (κ3) is 3.27. The van der Waals surface area contributed by atoms with E-state index in [9.17, 15) is 4.79 Å². The number of hydrogen-bond donors (Lipinski definition) is 1. The SMILES string of the molecule is NCC1Cc2cc(Cl)cc(-c3cncc(C(=O)N4CCCCC4)n3)c2O1. The zero-order valence-corrected chi connectivity index (χ0v) is 15.2. The van der Waals surface area contributed by atoms with Crippen LogP contribution < -0.4 is 10.5 Å². The van der Waals surface area contributed by atoms with Crippen molar-refractivity contribution in [3.05, 3.63) is 40.8 Å². The van der Waals surface area contributed by atoms with Crippen LogP contribution in [0, 0.1) is 0 Å². The van der Waals surface area contributed by atoms with Crippen LogP contribution in [-0.4, -0.2) is 46.5 Å². The monoisotopic (exact) mass is 372 g/mol. The maximum Gasteiger partial charge on any atom is 0.274 e. The molecule has 2 N–H and O–H groups in total. The Morgan fingerprint density at radius 1 is 1.27 bits per heavy atom. The number of rotatable bonds is 3. The van der Waals surface area contributed by atoms with Crippen LogP contribution in [0.5, 0.6) is 5.75 Å². The number of aromatic nitrogens is 2. The van der Waals surface area contributed by atoms with Crippen LogP contribution in [0.4, 0.5) is 0 Å². The van der Waals surface area contributed by atoms with Gasteiger partial charge in [0.15, 0.2) is 0 Å². The fourth-order valence-electron chi connectivity index (χ4n) is 3.57. The first-order valence-corrected chi connectivity index (χ1v) is 9.34. The number of ether oxygens (including phenoxy) is 1. The highest BCUT2D eigenvalue weighted by Gasteiger charge is 2.27. The van der Waals surface area contributed by atoms with Crippen molar-refractivity contribution in [1.82, 2.24) is 14.9 Å². The number of benzene rings is 1. The van der Waals surface area contributed by atoms with E-state index in [1.54, 1.807) is 12.3 Å². The molecule has 4 rings (SSSR count). The number of carbonyl (C=O) groups excluding carboxylic acids is 1. The van der Waals surface area contributed by atoms with E-state index < -0.39 is 0 Å². The van der Waals surface area contributed by atoms with Gasteiger partial charge < -0.3 is 15.4 Å². The van der Waals surface area contributed by atoms with Gasteiger partial charge in [-0.1, -0.05) is 11.6 Å². The summed E-state index contributed by atoms with van der Waals surface area (Å²) in [7, 11) is 0. The van der Waals surface area contributed by atoms with Crippen molar-refractivity contribution in [1.29, 1.82) is 0 Å². The van der Waals surface area contributed by atoms with Crippen LogP contribution in [0.15, 0.2) is 24.5 Å². The summed E-state index contributed by atoms with van der Waals surface area (Å²) in [5, 5.41) is 0.606. The van der Waals surface area contributed by atoms with Crippen molar-refractivity contribution in [2.75, 3.05) is 19.6 Å². The maximum absolute atomic E-state index is 12.7. The average molecular weight is 373 g/mol. The maximum atomic E-state index is 12.7. The van der Waals surface area contributed by atoms with E-state index in [1.165, 1.54) is 12.6 Å². The third-order valence-corrected chi connectivity index (χ3v) is 5.12. The Hall–Kier alpha value is -2.18. The highest BCUT2D eigenvalue weighted by molar-refractivity contribution is 6.31. The number of hydrogen-bond acceptors (Lipinski definition) is 5. The van der Waals surface area contributed by atoms with Gasteiger partial charge in [0, 0.05) is 42.2 Å². The van der Waals surface area contributed by atoms with E-state index in [4.69, 9.17) is 22.1 Å². The molecule has 1 unspecified atom stereocenters. The van der Waals surface area contributed by atoms with E-state index in [-0.39, 0.29) is 12.0 Å². The van der Waals surface area contributed by atoms with Crippen molar-refractivity contribution in [3.63, 3.8) is 0 Å². The summed E-state index contributed by atoms with van der Waals surface area (Å²) in [6, 6.07) is 3.70. The fraction of sp³-hybridized carbons (Fsp3) is 0.421. The lowest BCUT2D eigenvalue weighted by molar-refractivity contribution is 0.0718. The molecule has 6 nitrogen and oxygen atoms in total. The largest absolute Gasteiger partial charge is 0.488 e. The molecular weight excluding hydrogens is 352 g/mol. The summed E-state index contributed by atoms with van der Waals surface area (Å²) in [5.74, 6) is 0.667. The first kappa shape index (κ1) is 17.2. The van der Waals surface area contributed by atoms with E-state index in [0.29, 0.717) is 23.0 Å². The predicted octanol–water partition coefficient (Wildman–Crippen LogP) is 2.69. The van der Waals surface area contributed by atoms with E-state index in [2.05, 4.69) is 9.97 Å². The molecule has 2 aliphatic rings. The Balaban J connectivity index is 1.68. The van der Waals surface area contributed by atoms with Crippen LogP contribution in [0.2, 0.25) is 5.02 Å². The van der Waals surface area contributed by atoms with Gasteiger partial charge in [-0.3, -0.25) is 9.78 Å². The van der Waals surface area contributed by atoms with Gasteiger partial charge in [-0.25, -0.2) is 4.98 Å². The minimum atomic E-state index is -0.0709. The molecule has 136 valence electrons. The first-order chi connectivity index (χ1) is 12.7. The third-order valence-electron chi connectivity index (χ3n) is 4.90. The highest BCUT2D eigenvalue weighted by atomic mass is 35.5. The number of likely N-dealkylation sites (tertiary alicyclic amines) is 1. The Morgan fingerprint density at radius 3 is 2.85 bits per heavy atom. The molecule has 3 heterocycles. The molecule has 7 heteroatoms. The summed E-state index contributed by atoms with van der Waals surface area (Å²) in [4.78, 5) is 23.4. The summed E-state index contributed by atoms with van der Waals surface area (Å²) < 4.78 is 5.97. The molecule has 0 spiro atoms. The number of nitrogens with zero attached hydrogens (tertiary/aromatic N) is 3. The standard InChI is InChI=1S/C19H21ClN4O2/c20-13-6-12-7-14(9-21)26-18(12)15(8-13)16-10-22-11-17(23-16)19(25)24-4-2-1-3-5-24/h6,8,10-11,14H,1-5,7,9,21H2. The van der Waals surface area contributed by atoms with Gasteiger partial charge in [-0.2, -0.15) is 0 Å². The first-order valence-electron chi connectivity index (χ1n) is 8.96. The van der Waals surface area contributed by atoms with Crippen molar-refractivity contribution < 1.29 is 9.53 Å². The summed E-state index contributed by atoms with van der Waals surface area (Å²) >= 11 is 6.28. The second kappa shape index (κ2) is 7.21. The lowest BCUT2D eigenvalue weighted by Gasteiger charge is -2.26. The Morgan fingerprint density at radius 2 is 2.08 bits per heavy atom. The fourth-order valence-corrected chi connectivity index (χ4v) is 3.81. The quantitative estimate of drug-likeness (QED) is 0.895. The zero-order valence-electron chi connectivity index (χ0n) is 14.4. The van der Waals surface area contributed by atoms with Gasteiger partial charge in [-0.15, -0.1) is 0 Å². The van der Waals surface area contributed by atoms with Gasteiger partial charge in [0.25, 0.3) is 5.91 Å². The number of halogens is 1. The van der Waals surface area contributed by atoms with Crippen molar-refractivity contribution >= 4 is 17.5 Å². The Labute approximate surface area is 157 Å². The second-order valence-corrected chi connectivity index (χ2v) is 7.20. The summed E-state index contributed by atoms with van der Waals surface area (Å²) in [6.07, 6.45) is 7.06. The number of amides is 1. The van der Waals surface area contributed by atoms with Crippen LogP contribution in [0.1, 0.15) is 35.3 Å². The second-order valence-electron chi connectivity index (χ2n) is 6.76. The van der Waals surface area contributed by atoms with Crippen LogP contribution in [0.25, 0.3) is 11.3 Å². The topological polar surface area (TPSA) is 81.3 Å². The lowest BCUT2D eigenvalue weighted by atomic mass is 10.0. The van der Waals surface area contributed by atoms with Crippen LogP contribution in [-0.2, 0) is 6.42 Å². The average Bonchev–Trinajstić information content (AvgIpc) is 3.10. The molecule has 0 aliphatic carbocycles. The number of piperidine rings is 1. The van der Waals surface area contributed by atoms with Gasteiger partial charge in [0.2, 0.25) is 0 Å². The number of fused-ring (bicyclic) bond motifs is 1. The molecule has 0 saturated carbocycles. The molecule has 1 fully saturated rings. The van der Waals surface area contributed by atoms with E-state index in [0.717, 1.165) is 49.2 Å². The number of carbonyl (C=O) groups is 1. The van der Waals surface area contributed by atoms with Crippen molar-refractivity contribution in [2.45, 2.75) is 31.8 Å². The molecule has 1 amide bonds. The molecule has 1 aromatic heterocycles. The molecule has 2 aromatic rings. The number of nitrogens with two attached hydrogens (primary N) is 1. The zero-order chi connectivity index (χ0) is 18.1. The molecule has 1 saturated heterocycles. The molecule has 26 heavy (non-hydrogen) atoms. The van der Waals surface area contributed by atoms with E-state index in [1.807, 2.05) is 11.0 Å². The summed E-state index contributed by atoms with van der Waals surface area (Å²) in [5.41, 5.74) is 8.46. The molecule has 0 bridgehead atoms. The van der Waals surface area contributed by atoms with Crippen LogP contribution in [0.3, 0.4) is 0 Å². The van der Waals surface area contributed by atoms with Crippen molar-refractivity contribution in [3.8, 4) is 17.0 Å². The van der Waals surface area contributed by atoms with Gasteiger partial charge in [0.1, 0.15) is 17.5 Å². The Bertz CT molecular complexity index is 836. The van der Waals surface area contributed by atoms with Gasteiger partial charge in [0.05, 0.1) is 18.1 Å². The van der Waals surface area contributed by atoms with Crippen molar-refractivity contribution in [2.24, 2.45) is 5.73 Å². The van der Waals surface area contributed by atoms with Crippen LogP contribution >= 0.6 is 11.6 Å².